The van der Waals surface area contributed by atoms with Crippen LogP contribution in [0.15, 0.2) is 73.2 Å². The zero-order valence-electron chi connectivity index (χ0n) is 14.1. The number of rotatable bonds is 5. The van der Waals surface area contributed by atoms with Gasteiger partial charge in [-0.25, -0.2) is 18.4 Å². The van der Waals surface area contributed by atoms with Gasteiger partial charge in [-0.05, 0) is 35.9 Å². The average molecular weight is 399 g/mol. The lowest BCUT2D eigenvalue weighted by molar-refractivity contribution is 0.600. The molecule has 0 radical (unpaired) electrons. The van der Waals surface area contributed by atoms with Gasteiger partial charge in [0.2, 0.25) is 15.8 Å². The molecule has 27 heavy (non-hydrogen) atoms. The van der Waals surface area contributed by atoms with E-state index in [-0.39, 0.29) is 5.75 Å². The van der Waals surface area contributed by atoms with Gasteiger partial charge in [0.25, 0.3) is 0 Å². The van der Waals surface area contributed by atoms with Crippen molar-refractivity contribution in [1.29, 1.82) is 0 Å². The molecule has 0 aliphatic heterocycles. The van der Waals surface area contributed by atoms with E-state index in [0.717, 1.165) is 5.56 Å². The number of hydrogen-bond acceptors (Lipinski definition) is 4. The predicted molar refractivity (Wildman–Crippen MR) is 106 cm³/mol. The molecular formula is C19H15ClN4O2S. The largest absolute Gasteiger partial charge is 0.291 e. The Balaban J connectivity index is 1.57. The molecule has 0 aliphatic carbocycles. The van der Waals surface area contributed by atoms with Gasteiger partial charge in [0.15, 0.2) is 0 Å². The molecule has 1 N–H and O–H groups in total. The number of hydrogen-bond donors (Lipinski definition) is 1. The maximum absolute atomic E-state index is 12.5. The van der Waals surface area contributed by atoms with Gasteiger partial charge < -0.3 is 0 Å². The van der Waals surface area contributed by atoms with E-state index in [1.807, 2.05) is 28.9 Å². The van der Waals surface area contributed by atoms with Crippen molar-refractivity contribution in [2.24, 2.45) is 0 Å². The fraction of sp³-hybridized carbons (Fsp3) is 0.0526. The third-order valence-electron chi connectivity index (χ3n) is 3.94. The van der Waals surface area contributed by atoms with Gasteiger partial charge in [-0.2, -0.15) is 0 Å². The van der Waals surface area contributed by atoms with Gasteiger partial charge in [0.05, 0.1) is 11.4 Å². The maximum Gasteiger partial charge on any atom is 0.236 e. The molecule has 136 valence electrons. The zero-order chi connectivity index (χ0) is 18.9. The van der Waals surface area contributed by atoms with Gasteiger partial charge in [-0.15, -0.1) is 0 Å². The van der Waals surface area contributed by atoms with Gasteiger partial charge in [0.1, 0.15) is 0 Å². The van der Waals surface area contributed by atoms with Gasteiger partial charge in [0, 0.05) is 34.9 Å². The fourth-order valence-corrected chi connectivity index (χ4v) is 4.04. The van der Waals surface area contributed by atoms with Crippen molar-refractivity contribution < 1.29 is 8.42 Å². The lowest BCUT2D eigenvalue weighted by atomic mass is 10.1. The van der Waals surface area contributed by atoms with Crippen LogP contribution in [0.1, 0.15) is 5.56 Å². The fourth-order valence-electron chi connectivity index (χ4n) is 2.73. The molecule has 2 aromatic heterocycles. The third kappa shape index (κ3) is 4.10. The summed E-state index contributed by atoms with van der Waals surface area (Å²) in [6.45, 7) is 0. The first-order valence-corrected chi connectivity index (χ1v) is 10.2. The van der Waals surface area contributed by atoms with Crippen molar-refractivity contribution >= 4 is 33.1 Å². The second kappa shape index (κ2) is 7.02. The molecule has 6 nitrogen and oxygen atoms in total. The van der Waals surface area contributed by atoms with E-state index < -0.39 is 10.0 Å². The molecule has 0 unspecified atom stereocenters. The summed E-state index contributed by atoms with van der Waals surface area (Å²) in [6, 6.07) is 15.7. The number of anilines is 1. The summed E-state index contributed by atoms with van der Waals surface area (Å²) in [7, 11) is -3.56. The normalized spacial score (nSPS) is 11.6. The van der Waals surface area contributed by atoms with E-state index in [9.17, 15) is 8.42 Å². The van der Waals surface area contributed by atoms with Crippen LogP contribution in [0.25, 0.3) is 17.0 Å². The molecule has 0 saturated heterocycles. The molecule has 0 bridgehead atoms. The smallest absolute Gasteiger partial charge is 0.236 e. The molecule has 4 aromatic rings. The number of halogens is 1. The number of nitrogens with one attached hydrogen (secondary N) is 1. The topological polar surface area (TPSA) is 76.4 Å². The van der Waals surface area contributed by atoms with Crippen molar-refractivity contribution in [1.82, 2.24) is 14.4 Å². The molecule has 2 heterocycles. The quantitative estimate of drug-likeness (QED) is 0.551. The first-order valence-electron chi connectivity index (χ1n) is 8.14. The van der Waals surface area contributed by atoms with E-state index >= 15 is 0 Å². The molecule has 0 spiro atoms. The summed E-state index contributed by atoms with van der Waals surface area (Å²) in [5.74, 6) is 0.452. The number of sulfonamides is 1. The molecular weight excluding hydrogens is 384 g/mol. The Morgan fingerprint density at radius 2 is 1.89 bits per heavy atom. The minimum atomic E-state index is -3.56. The van der Waals surface area contributed by atoms with E-state index in [4.69, 9.17) is 11.6 Å². The summed E-state index contributed by atoms with van der Waals surface area (Å²) < 4.78 is 29.4. The second-order valence-electron chi connectivity index (χ2n) is 6.02. The second-order valence-corrected chi connectivity index (χ2v) is 8.18. The monoisotopic (exact) mass is 398 g/mol. The molecule has 0 saturated carbocycles. The average Bonchev–Trinajstić information content (AvgIpc) is 3.07. The van der Waals surface area contributed by atoms with Crippen LogP contribution in [-0.2, 0) is 15.8 Å². The number of fused-ring (bicyclic) bond motifs is 1. The van der Waals surface area contributed by atoms with Crippen LogP contribution >= 0.6 is 11.6 Å². The Morgan fingerprint density at radius 1 is 1.07 bits per heavy atom. The number of benzene rings is 2. The molecule has 0 aliphatic rings. The molecule has 0 amide bonds. The van der Waals surface area contributed by atoms with Crippen molar-refractivity contribution in [3.63, 3.8) is 0 Å². The van der Waals surface area contributed by atoms with Crippen LogP contribution in [-0.4, -0.2) is 22.8 Å². The Bertz CT molecular complexity index is 1170. The van der Waals surface area contributed by atoms with E-state index in [1.165, 1.54) is 0 Å². The summed E-state index contributed by atoms with van der Waals surface area (Å²) >= 11 is 5.84. The van der Waals surface area contributed by atoms with Crippen molar-refractivity contribution in [3.05, 3.63) is 83.8 Å². The molecule has 0 fully saturated rings. The Morgan fingerprint density at radius 3 is 2.67 bits per heavy atom. The van der Waals surface area contributed by atoms with Gasteiger partial charge in [-0.3, -0.25) is 9.12 Å². The third-order valence-corrected chi connectivity index (χ3v) is 5.45. The van der Waals surface area contributed by atoms with Crippen molar-refractivity contribution in [3.8, 4) is 11.3 Å². The van der Waals surface area contributed by atoms with E-state index in [0.29, 0.717) is 27.7 Å². The Hall–Kier alpha value is -2.90. The lowest BCUT2D eigenvalue weighted by Crippen LogP contribution is -2.15. The van der Waals surface area contributed by atoms with Crippen LogP contribution < -0.4 is 4.72 Å². The summed E-state index contributed by atoms with van der Waals surface area (Å²) in [6.07, 6.45) is 5.38. The number of aromatic nitrogens is 3. The van der Waals surface area contributed by atoms with Crippen LogP contribution in [0.5, 0.6) is 0 Å². The molecule has 8 heteroatoms. The van der Waals surface area contributed by atoms with E-state index in [2.05, 4.69) is 14.7 Å². The summed E-state index contributed by atoms with van der Waals surface area (Å²) in [5.41, 5.74) is 2.65. The van der Waals surface area contributed by atoms with E-state index in [1.54, 1.807) is 48.7 Å². The van der Waals surface area contributed by atoms with Gasteiger partial charge >= 0.3 is 0 Å². The highest BCUT2D eigenvalue weighted by atomic mass is 35.5. The van der Waals surface area contributed by atoms with Crippen molar-refractivity contribution in [2.45, 2.75) is 5.75 Å². The van der Waals surface area contributed by atoms with Crippen LogP contribution in [0.4, 0.5) is 5.69 Å². The minimum Gasteiger partial charge on any atom is -0.291 e. The summed E-state index contributed by atoms with van der Waals surface area (Å²) in [4.78, 5) is 8.65. The highest BCUT2D eigenvalue weighted by molar-refractivity contribution is 7.91. The Kier molecular flexibility index (Phi) is 4.55. The van der Waals surface area contributed by atoms with Crippen LogP contribution in [0, 0.1) is 0 Å². The zero-order valence-corrected chi connectivity index (χ0v) is 15.7. The number of imidazole rings is 1. The standard InChI is InChI=1S/C19H15ClN4O2S/c20-16-7-5-14(6-8-16)13-27(25,26)23-17-4-1-3-15(11-17)18-12-24-10-2-9-21-19(24)22-18/h1-12,23H,13H2. The first kappa shape index (κ1) is 17.5. The molecule has 0 atom stereocenters. The number of nitrogens with zero attached hydrogens (tertiary/aromatic N) is 3. The highest BCUT2D eigenvalue weighted by Gasteiger charge is 2.13. The maximum atomic E-state index is 12.5. The van der Waals surface area contributed by atoms with Crippen molar-refractivity contribution in [2.75, 3.05) is 4.72 Å². The minimum absolute atomic E-state index is 0.132. The first-order chi connectivity index (χ1) is 13.0. The summed E-state index contributed by atoms with van der Waals surface area (Å²) in [5, 5.41) is 0.568. The Labute approximate surface area is 161 Å². The lowest BCUT2D eigenvalue weighted by Gasteiger charge is -2.09. The van der Waals surface area contributed by atoms with Gasteiger partial charge in [-0.1, -0.05) is 35.9 Å². The van der Waals surface area contributed by atoms with Crippen LogP contribution in [0.3, 0.4) is 0 Å². The van der Waals surface area contributed by atoms with Crippen LogP contribution in [0.2, 0.25) is 5.02 Å². The SMILES string of the molecule is O=S(=O)(Cc1ccc(Cl)cc1)Nc1cccc(-c2cn3cccnc3n2)c1. The highest BCUT2D eigenvalue weighted by Crippen LogP contribution is 2.23. The molecule has 2 aromatic carbocycles. The molecule has 4 rings (SSSR count). The predicted octanol–water partition coefficient (Wildman–Crippen LogP) is 3.99.